The SMILES string of the molecule is CCn1cc(C(O)c2cc(Br)nn2-c2ccc(F)cc2I)cn1. The molecule has 0 spiro atoms. The van der Waals surface area contributed by atoms with Crippen molar-refractivity contribution in [3.63, 3.8) is 0 Å². The quantitative estimate of drug-likeness (QED) is 0.567. The molecular formula is C15H13BrFIN4O. The Labute approximate surface area is 154 Å². The van der Waals surface area contributed by atoms with Gasteiger partial charge in [-0.25, -0.2) is 9.07 Å². The predicted molar refractivity (Wildman–Crippen MR) is 95.9 cm³/mol. The van der Waals surface area contributed by atoms with E-state index in [1.165, 1.54) is 12.1 Å². The Morgan fingerprint density at radius 1 is 1.39 bits per heavy atom. The highest BCUT2D eigenvalue weighted by molar-refractivity contribution is 14.1. The van der Waals surface area contributed by atoms with Gasteiger partial charge in [-0.2, -0.15) is 10.2 Å². The van der Waals surface area contributed by atoms with Gasteiger partial charge in [-0.05, 0) is 69.7 Å². The molecule has 0 bridgehead atoms. The van der Waals surface area contributed by atoms with E-state index in [0.29, 0.717) is 25.1 Å². The zero-order valence-corrected chi connectivity index (χ0v) is 15.9. The van der Waals surface area contributed by atoms with Crippen LogP contribution in [0.25, 0.3) is 5.69 Å². The molecule has 0 saturated heterocycles. The molecule has 1 aromatic carbocycles. The van der Waals surface area contributed by atoms with E-state index in [-0.39, 0.29) is 5.82 Å². The van der Waals surface area contributed by atoms with Crippen molar-refractivity contribution in [3.8, 4) is 5.69 Å². The van der Waals surface area contributed by atoms with Crippen LogP contribution in [0.2, 0.25) is 0 Å². The number of hydrogen-bond donors (Lipinski definition) is 1. The van der Waals surface area contributed by atoms with Gasteiger partial charge in [-0.3, -0.25) is 4.68 Å². The van der Waals surface area contributed by atoms with Gasteiger partial charge < -0.3 is 5.11 Å². The van der Waals surface area contributed by atoms with Crippen LogP contribution in [0.3, 0.4) is 0 Å². The van der Waals surface area contributed by atoms with Gasteiger partial charge in [0.25, 0.3) is 0 Å². The van der Waals surface area contributed by atoms with Crippen LogP contribution in [0.5, 0.6) is 0 Å². The third-order valence-electron chi connectivity index (χ3n) is 3.42. The first-order valence-electron chi connectivity index (χ1n) is 6.91. The molecule has 0 aliphatic heterocycles. The van der Waals surface area contributed by atoms with Crippen molar-refractivity contribution in [2.75, 3.05) is 0 Å². The van der Waals surface area contributed by atoms with E-state index < -0.39 is 6.10 Å². The van der Waals surface area contributed by atoms with E-state index in [4.69, 9.17) is 0 Å². The van der Waals surface area contributed by atoms with Crippen LogP contribution in [0.4, 0.5) is 4.39 Å². The number of aromatic nitrogens is 4. The van der Waals surface area contributed by atoms with E-state index in [2.05, 4.69) is 26.1 Å². The second-order valence-electron chi connectivity index (χ2n) is 4.93. The fourth-order valence-corrected chi connectivity index (χ4v) is 3.37. The molecule has 0 amide bonds. The third kappa shape index (κ3) is 3.33. The molecule has 3 rings (SSSR count). The standard InChI is InChI=1S/C15H13BrFIN4O/c1-2-21-8-9(7-19-21)15(23)13-6-14(16)20-22(13)12-4-3-10(17)5-11(12)18/h3-8,15,23H,2H2,1H3. The first-order chi connectivity index (χ1) is 11.0. The zero-order chi connectivity index (χ0) is 16.6. The molecule has 5 nitrogen and oxygen atoms in total. The summed E-state index contributed by atoms with van der Waals surface area (Å²) in [5.74, 6) is -0.310. The van der Waals surface area contributed by atoms with Crippen LogP contribution in [0, 0.1) is 9.39 Å². The number of benzene rings is 1. The number of aryl methyl sites for hydroxylation is 1. The van der Waals surface area contributed by atoms with Gasteiger partial charge in [0.05, 0.1) is 17.6 Å². The molecule has 23 heavy (non-hydrogen) atoms. The number of halogens is 3. The molecule has 1 N–H and O–H groups in total. The average molecular weight is 491 g/mol. The Kier molecular flexibility index (Phi) is 4.83. The summed E-state index contributed by atoms with van der Waals surface area (Å²) in [5.41, 5.74) is 1.96. The van der Waals surface area contributed by atoms with E-state index >= 15 is 0 Å². The number of aliphatic hydroxyl groups excluding tert-OH is 1. The minimum atomic E-state index is -0.880. The predicted octanol–water partition coefficient (Wildman–Crippen LogP) is 3.68. The molecular weight excluding hydrogens is 478 g/mol. The highest BCUT2D eigenvalue weighted by Gasteiger charge is 2.21. The molecule has 120 valence electrons. The second kappa shape index (κ2) is 6.70. The highest BCUT2D eigenvalue weighted by atomic mass is 127. The summed E-state index contributed by atoms with van der Waals surface area (Å²) in [7, 11) is 0. The summed E-state index contributed by atoms with van der Waals surface area (Å²) >= 11 is 5.39. The van der Waals surface area contributed by atoms with E-state index in [1.54, 1.807) is 33.9 Å². The maximum Gasteiger partial charge on any atom is 0.128 e. The molecule has 1 unspecified atom stereocenters. The number of aliphatic hydroxyl groups is 1. The summed E-state index contributed by atoms with van der Waals surface area (Å²) in [5, 5.41) is 19.2. The zero-order valence-electron chi connectivity index (χ0n) is 12.1. The van der Waals surface area contributed by atoms with Gasteiger partial charge in [0.1, 0.15) is 16.5 Å². The Morgan fingerprint density at radius 2 is 2.17 bits per heavy atom. The number of rotatable bonds is 4. The van der Waals surface area contributed by atoms with Crippen molar-refractivity contribution in [3.05, 3.63) is 61.9 Å². The minimum absolute atomic E-state index is 0.310. The molecule has 2 heterocycles. The lowest BCUT2D eigenvalue weighted by Crippen LogP contribution is -2.09. The van der Waals surface area contributed by atoms with Crippen LogP contribution >= 0.6 is 38.5 Å². The van der Waals surface area contributed by atoms with Gasteiger partial charge in [0.2, 0.25) is 0 Å². The van der Waals surface area contributed by atoms with Gasteiger partial charge in [-0.15, -0.1) is 0 Å². The molecule has 1 atom stereocenters. The maximum absolute atomic E-state index is 13.3. The van der Waals surface area contributed by atoms with Crippen molar-refractivity contribution in [2.45, 2.75) is 19.6 Å². The Bertz CT molecular complexity index is 848. The van der Waals surface area contributed by atoms with Crippen LogP contribution in [-0.2, 0) is 6.54 Å². The maximum atomic E-state index is 13.3. The van der Waals surface area contributed by atoms with Crippen LogP contribution < -0.4 is 0 Å². The average Bonchev–Trinajstić information content (AvgIpc) is 3.13. The van der Waals surface area contributed by atoms with E-state index in [1.807, 2.05) is 29.5 Å². The fraction of sp³-hybridized carbons (Fsp3) is 0.200. The summed E-state index contributed by atoms with van der Waals surface area (Å²) in [4.78, 5) is 0. The minimum Gasteiger partial charge on any atom is -0.382 e. The van der Waals surface area contributed by atoms with Gasteiger partial charge in [0.15, 0.2) is 0 Å². The van der Waals surface area contributed by atoms with Crippen molar-refractivity contribution < 1.29 is 9.50 Å². The molecule has 2 aromatic heterocycles. The Balaban J connectivity index is 2.06. The molecule has 3 aromatic rings. The Morgan fingerprint density at radius 3 is 2.83 bits per heavy atom. The molecule has 8 heteroatoms. The third-order valence-corrected chi connectivity index (χ3v) is 4.67. The topological polar surface area (TPSA) is 55.9 Å². The lowest BCUT2D eigenvalue weighted by atomic mass is 10.1. The first kappa shape index (κ1) is 16.6. The fourth-order valence-electron chi connectivity index (χ4n) is 2.27. The van der Waals surface area contributed by atoms with Crippen molar-refractivity contribution in [1.82, 2.24) is 19.6 Å². The van der Waals surface area contributed by atoms with Gasteiger partial charge >= 0.3 is 0 Å². The number of hydrogen-bond acceptors (Lipinski definition) is 3. The van der Waals surface area contributed by atoms with Gasteiger partial charge in [-0.1, -0.05) is 0 Å². The van der Waals surface area contributed by atoms with Crippen molar-refractivity contribution >= 4 is 38.5 Å². The van der Waals surface area contributed by atoms with Gasteiger partial charge in [0, 0.05) is 21.9 Å². The van der Waals surface area contributed by atoms with Crippen LogP contribution in [0.1, 0.15) is 24.3 Å². The van der Waals surface area contributed by atoms with E-state index in [0.717, 1.165) is 6.54 Å². The lowest BCUT2D eigenvalue weighted by Gasteiger charge is -2.13. The van der Waals surface area contributed by atoms with Crippen LogP contribution in [-0.4, -0.2) is 24.7 Å². The van der Waals surface area contributed by atoms with Crippen molar-refractivity contribution in [2.24, 2.45) is 0 Å². The first-order valence-corrected chi connectivity index (χ1v) is 8.78. The molecule has 0 radical (unpaired) electrons. The largest absolute Gasteiger partial charge is 0.382 e. The molecule has 0 fully saturated rings. The Hall–Kier alpha value is -1.26. The monoisotopic (exact) mass is 490 g/mol. The summed E-state index contributed by atoms with van der Waals surface area (Å²) < 4.78 is 18.0. The van der Waals surface area contributed by atoms with E-state index in [9.17, 15) is 9.50 Å². The molecule has 0 aliphatic carbocycles. The molecule has 0 aliphatic rings. The summed E-state index contributed by atoms with van der Waals surface area (Å²) in [6.07, 6.45) is 2.55. The highest BCUT2D eigenvalue weighted by Crippen LogP contribution is 2.28. The van der Waals surface area contributed by atoms with Crippen molar-refractivity contribution in [1.29, 1.82) is 0 Å². The molecule has 0 saturated carbocycles. The smallest absolute Gasteiger partial charge is 0.128 e. The second-order valence-corrected chi connectivity index (χ2v) is 6.91. The summed E-state index contributed by atoms with van der Waals surface area (Å²) in [6, 6.07) is 6.19. The lowest BCUT2D eigenvalue weighted by molar-refractivity contribution is 0.212. The van der Waals surface area contributed by atoms with Crippen LogP contribution in [0.15, 0.2) is 41.3 Å². The summed E-state index contributed by atoms with van der Waals surface area (Å²) in [6.45, 7) is 2.70. The number of nitrogens with zero attached hydrogens (tertiary/aromatic N) is 4. The normalized spacial score (nSPS) is 12.6.